The molecule has 1 aliphatic heterocycles. The highest BCUT2D eigenvalue weighted by Gasteiger charge is 2.38. The van der Waals surface area contributed by atoms with Crippen LogP contribution in [0.4, 0.5) is 20.3 Å². The fourth-order valence-electron chi connectivity index (χ4n) is 4.06. The summed E-state index contributed by atoms with van der Waals surface area (Å²) in [5, 5.41) is 6.31. The predicted octanol–water partition coefficient (Wildman–Crippen LogP) is 5.51. The molecule has 0 bridgehead atoms. The highest BCUT2D eigenvalue weighted by Crippen LogP contribution is 2.45. The zero-order valence-electron chi connectivity index (χ0n) is 17.2. The Morgan fingerprint density at radius 1 is 0.697 bits per heavy atom. The van der Waals surface area contributed by atoms with Gasteiger partial charge in [0.15, 0.2) is 11.6 Å². The number of aromatic nitrogens is 1. The lowest BCUT2D eigenvalue weighted by Crippen LogP contribution is -2.32. The van der Waals surface area contributed by atoms with Crippen molar-refractivity contribution in [1.82, 2.24) is 4.98 Å². The Balaban J connectivity index is 1.72. The van der Waals surface area contributed by atoms with Crippen molar-refractivity contribution in [3.05, 3.63) is 114 Å². The third-order valence-electron chi connectivity index (χ3n) is 5.62. The average molecular weight is 464 g/mol. The van der Waals surface area contributed by atoms with E-state index in [1.807, 2.05) is 60.7 Å². The van der Waals surface area contributed by atoms with E-state index in [-0.39, 0.29) is 16.4 Å². The third-order valence-corrected chi connectivity index (χ3v) is 7.43. The topological polar surface area (TPSA) is 71.1 Å². The molecule has 1 aromatic heterocycles. The number of sulfone groups is 1. The molecule has 2 N–H and O–H groups in total. The summed E-state index contributed by atoms with van der Waals surface area (Å²) in [4.78, 5) is 2.80. The summed E-state index contributed by atoms with van der Waals surface area (Å²) in [6.07, 6.45) is 0. The molecular weight excluding hydrogens is 444 g/mol. The number of benzene rings is 3. The van der Waals surface area contributed by atoms with Crippen LogP contribution in [0.1, 0.15) is 23.2 Å². The highest BCUT2D eigenvalue weighted by molar-refractivity contribution is 7.91. The minimum atomic E-state index is -4.38. The van der Waals surface area contributed by atoms with E-state index < -0.39 is 38.6 Å². The van der Waals surface area contributed by atoms with E-state index in [9.17, 15) is 12.8 Å². The van der Waals surface area contributed by atoms with Crippen molar-refractivity contribution in [2.45, 2.75) is 21.9 Å². The summed E-state index contributed by atoms with van der Waals surface area (Å²) in [5.41, 5.74) is 1.62. The molecule has 33 heavy (non-hydrogen) atoms. The summed E-state index contributed by atoms with van der Waals surface area (Å²) in [6, 6.07) is 25.3. The van der Waals surface area contributed by atoms with Crippen LogP contribution in [0.2, 0.25) is 0 Å². The summed E-state index contributed by atoms with van der Waals surface area (Å²) in [7, 11) is -4.38. The largest absolute Gasteiger partial charge is 0.372 e. The number of hydrogen-bond acceptors (Lipinski definition) is 5. The SMILES string of the molecule is O=S(=O)(c1ccccc1)c1c(F)c(F)nc2c1N[C@H](c1ccccc1)[C@H](c1ccccc1)N2. The smallest absolute Gasteiger partial charge is 0.252 e. The molecule has 5 rings (SSSR count). The van der Waals surface area contributed by atoms with Gasteiger partial charge in [-0.25, -0.2) is 12.8 Å². The predicted molar refractivity (Wildman–Crippen MR) is 122 cm³/mol. The number of pyridine rings is 1. The van der Waals surface area contributed by atoms with Crippen molar-refractivity contribution in [2.24, 2.45) is 0 Å². The Hall–Kier alpha value is -3.78. The van der Waals surface area contributed by atoms with E-state index in [0.717, 1.165) is 11.1 Å². The molecule has 5 nitrogen and oxygen atoms in total. The second kappa shape index (κ2) is 8.29. The number of hydrogen-bond donors (Lipinski definition) is 2. The van der Waals surface area contributed by atoms with Gasteiger partial charge in [0.1, 0.15) is 10.6 Å². The lowest BCUT2D eigenvalue weighted by Gasteiger charge is -2.37. The molecule has 3 aromatic carbocycles. The monoisotopic (exact) mass is 463 g/mol. The van der Waals surface area contributed by atoms with Gasteiger partial charge in [-0.1, -0.05) is 78.9 Å². The molecule has 166 valence electrons. The second-order valence-corrected chi connectivity index (χ2v) is 9.54. The molecule has 0 spiro atoms. The molecule has 0 aliphatic carbocycles. The van der Waals surface area contributed by atoms with E-state index in [1.54, 1.807) is 6.07 Å². The van der Waals surface area contributed by atoms with Crippen molar-refractivity contribution in [3.63, 3.8) is 0 Å². The summed E-state index contributed by atoms with van der Waals surface area (Å²) < 4.78 is 56.3. The lowest BCUT2D eigenvalue weighted by atomic mass is 9.91. The molecule has 0 radical (unpaired) electrons. The number of halogens is 2. The zero-order chi connectivity index (χ0) is 23.0. The second-order valence-electron chi connectivity index (χ2n) is 7.65. The number of anilines is 2. The summed E-state index contributed by atoms with van der Waals surface area (Å²) >= 11 is 0. The maximum absolute atomic E-state index is 15.0. The number of nitrogens with one attached hydrogen (secondary N) is 2. The fraction of sp³-hybridized carbons (Fsp3) is 0.0800. The average Bonchev–Trinajstić information content (AvgIpc) is 2.85. The molecule has 0 fully saturated rings. The van der Waals surface area contributed by atoms with Gasteiger partial charge < -0.3 is 10.6 Å². The fourth-order valence-corrected chi connectivity index (χ4v) is 5.56. The first-order valence-corrected chi connectivity index (χ1v) is 11.8. The Bertz CT molecular complexity index is 1400. The molecule has 2 heterocycles. The van der Waals surface area contributed by atoms with Crippen LogP contribution in [0.15, 0.2) is 101 Å². The number of nitrogens with zero attached hydrogens (tertiary/aromatic N) is 1. The first kappa shape index (κ1) is 21.1. The number of fused-ring (bicyclic) bond motifs is 1. The van der Waals surface area contributed by atoms with E-state index in [1.165, 1.54) is 24.3 Å². The van der Waals surface area contributed by atoms with Crippen LogP contribution in [-0.2, 0) is 9.84 Å². The zero-order valence-corrected chi connectivity index (χ0v) is 18.1. The van der Waals surface area contributed by atoms with Crippen LogP contribution in [0.25, 0.3) is 0 Å². The molecule has 0 amide bonds. The Morgan fingerprint density at radius 2 is 1.18 bits per heavy atom. The van der Waals surface area contributed by atoms with Crippen molar-refractivity contribution in [1.29, 1.82) is 0 Å². The van der Waals surface area contributed by atoms with Crippen LogP contribution < -0.4 is 10.6 Å². The van der Waals surface area contributed by atoms with Gasteiger partial charge in [-0.15, -0.1) is 0 Å². The van der Waals surface area contributed by atoms with Gasteiger partial charge >= 0.3 is 0 Å². The van der Waals surface area contributed by atoms with Crippen LogP contribution in [0.3, 0.4) is 0 Å². The third kappa shape index (κ3) is 3.72. The molecule has 4 aromatic rings. The van der Waals surface area contributed by atoms with Crippen molar-refractivity contribution in [3.8, 4) is 0 Å². The maximum Gasteiger partial charge on any atom is 0.252 e. The van der Waals surface area contributed by atoms with Crippen molar-refractivity contribution >= 4 is 21.3 Å². The number of rotatable bonds is 4. The minimum absolute atomic E-state index is 0.0653. The molecule has 0 saturated heterocycles. The normalized spacial score (nSPS) is 17.5. The van der Waals surface area contributed by atoms with Gasteiger partial charge in [0, 0.05) is 0 Å². The summed E-state index contributed by atoms with van der Waals surface area (Å²) in [6.45, 7) is 0. The van der Waals surface area contributed by atoms with Gasteiger partial charge in [0.2, 0.25) is 9.84 Å². The van der Waals surface area contributed by atoms with Gasteiger partial charge in [-0.2, -0.15) is 9.37 Å². The molecule has 8 heteroatoms. The Labute approximate surface area is 190 Å². The molecule has 2 atom stereocenters. The molecular formula is C25H19F2N3O2S. The Kier molecular flexibility index (Phi) is 5.30. The molecule has 0 saturated carbocycles. The minimum Gasteiger partial charge on any atom is -0.372 e. The Morgan fingerprint density at radius 3 is 1.73 bits per heavy atom. The molecule has 1 aliphatic rings. The maximum atomic E-state index is 15.0. The van der Waals surface area contributed by atoms with E-state index in [2.05, 4.69) is 15.6 Å². The standard InChI is InChI=1S/C25H19F2N3O2S/c26-19-23(33(31,32)18-14-8-3-9-15-18)22-25(30-24(19)27)29-21(17-12-6-2-7-13-17)20(28-22)16-10-4-1-5-11-16/h1-15,20-21,28H,(H,29,30)/t20-,21+/m1/s1. The van der Waals surface area contributed by atoms with Crippen LogP contribution in [0, 0.1) is 11.8 Å². The van der Waals surface area contributed by atoms with Gasteiger partial charge in [-0.05, 0) is 23.3 Å². The van der Waals surface area contributed by atoms with E-state index in [4.69, 9.17) is 0 Å². The first-order chi connectivity index (χ1) is 16.0. The van der Waals surface area contributed by atoms with E-state index in [0.29, 0.717) is 0 Å². The van der Waals surface area contributed by atoms with Crippen LogP contribution in [-0.4, -0.2) is 13.4 Å². The van der Waals surface area contributed by atoms with Crippen molar-refractivity contribution < 1.29 is 17.2 Å². The van der Waals surface area contributed by atoms with Crippen LogP contribution in [0.5, 0.6) is 0 Å². The van der Waals surface area contributed by atoms with Crippen LogP contribution >= 0.6 is 0 Å². The van der Waals surface area contributed by atoms with E-state index >= 15 is 4.39 Å². The van der Waals surface area contributed by atoms with Gasteiger partial charge in [-0.3, -0.25) is 0 Å². The first-order valence-electron chi connectivity index (χ1n) is 10.3. The quantitative estimate of drug-likeness (QED) is 0.391. The highest BCUT2D eigenvalue weighted by atomic mass is 32.2. The molecule has 0 unspecified atom stereocenters. The summed E-state index contributed by atoms with van der Waals surface area (Å²) in [5.74, 6) is -3.07. The lowest BCUT2D eigenvalue weighted by molar-refractivity contribution is 0.457. The van der Waals surface area contributed by atoms with Gasteiger partial charge in [0.25, 0.3) is 5.95 Å². The van der Waals surface area contributed by atoms with Gasteiger partial charge in [0.05, 0.1) is 17.0 Å². The van der Waals surface area contributed by atoms with Crippen molar-refractivity contribution in [2.75, 3.05) is 10.6 Å².